The predicted molar refractivity (Wildman–Crippen MR) is 182 cm³/mol. The molecule has 0 amide bonds. The summed E-state index contributed by atoms with van der Waals surface area (Å²) in [5, 5.41) is 5.15. The topological polar surface area (TPSA) is 3.24 Å². The van der Waals surface area contributed by atoms with Gasteiger partial charge in [-0.05, 0) is 58.7 Å². The monoisotopic (exact) mass is 553 g/mol. The van der Waals surface area contributed by atoms with Gasteiger partial charge in [-0.3, -0.25) is 0 Å². The quantitative estimate of drug-likeness (QED) is 0.205. The molecule has 0 saturated carbocycles. The van der Waals surface area contributed by atoms with Crippen molar-refractivity contribution >= 4 is 59.3 Å². The molecular weight excluding hydrogens is 527 g/mol. The maximum absolute atomic E-state index is 2.41. The fourth-order valence-corrected chi connectivity index (χ4v) is 7.25. The second-order valence-corrected chi connectivity index (χ2v) is 11.6. The van der Waals surface area contributed by atoms with Gasteiger partial charge in [0, 0.05) is 42.3 Å². The van der Waals surface area contributed by atoms with Gasteiger partial charge in [-0.1, -0.05) is 127 Å². The third-order valence-corrected chi connectivity index (χ3v) is 9.27. The molecule has 0 radical (unpaired) electrons. The van der Waals surface area contributed by atoms with Crippen LogP contribution >= 0.6 is 11.3 Å². The predicted octanol–water partition coefficient (Wildman–Crippen LogP) is 12.0. The van der Waals surface area contributed by atoms with Crippen LogP contribution in [0.1, 0.15) is 0 Å². The Kier molecular flexibility index (Phi) is 6.05. The lowest BCUT2D eigenvalue weighted by Gasteiger charge is -2.27. The van der Waals surface area contributed by atoms with Crippen molar-refractivity contribution in [2.45, 2.75) is 0 Å². The van der Waals surface area contributed by atoms with E-state index in [0.29, 0.717) is 0 Å². The van der Waals surface area contributed by atoms with E-state index in [4.69, 9.17) is 0 Å². The van der Waals surface area contributed by atoms with Crippen LogP contribution in [-0.4, -0.2) is 0 Å². The molecule has 0 N–H and O–H groups in total. The summed E-state index contributed by atoms with van der Waals surface area (Å²) in [6.07, 6.45) is 0. The van der Waals surface area contributed by atoms with E-state index in [1.165, 1.54) is 58.9 Å². The molecule has 1 heterocycles. The number of benzene rings is 7. The van der Waals surface area contributed by atoms with Crippen LogP contribution in [0.25, 0.3) is 53.2 Å². The molecule has 7 aromatic carbocycles. The first-order valence-corrected chi connectivity index (χ1v) is 15.1. The second-order valence-electron chi connectivity index (χ2n) is 10.6. The Morgan fingerprint density at radius 3 is 1.67 bits per heavy atom. The summed E-state index contributed by atoms with van der Waals surface area (Å²) in [7, 11) is 0. The number of para-hydroxylation sites is 1. The van der Waals surface area contributed by atoms with Crippen molar-refractivity contribution in [2.75, 3.05) is 4.90 Å². The first-order valence-electron chi connectivity index (χ1n) is 14.3. The Morgan fingerprint density at radius 2 is 0.905 bits per heavy atom. The summed E-state index contributed by atoms with van der Waals surface area (Å²) < 4.78 is 2.66. The minimum Gasteiger partial charge on any atom is -0.310 e. The van der Waals surface area contributed by atoms with Crippen LogP contribution in [-0.2, 0) is 0 Å². The number of nitrogens with zero attached hydrogens (tertiary/aromatic N) is 1. The molecule has 0 spiro atoms. The van der Waals surface area contributed by atoms with Crippen LogP contribution in [0.5, 0.6) is 0 Å². The molecule has 42 heavy (non-hydrogen) atoms. The molecule has 8 rings (SSSR count). The lowest BCUT2D eigenvalue weighted by atomic mass is 9.99. The van der Waals surface area contributed by atoms with Crippen molar-refractivity contribution in [3.63, 3.8) is 0 Å². The summed E-state index contributed by atoms with van der Waals surface area (Å²) in [4.78, 5) is 2.41. The molecule has 0 atom stereocenters. The van der Waals surface area contributed by atoms with Gasteiger partial charge in [0.25, 0.3) is 0 Å². The van der Waals surface area contributed by atoms with Crippen LogP contribution in [0, 0.1) is 0 Å². The van der Waals surface area contributed by atoms with Crippen LogP contribution < -0.4 is 4.90 Å². The van der Waals surface area contributed by atoms with Crippen LogP contribution in [0.3, 0.4) is 0 Å². The Morgan fingerprint density at radius 1 is 0.357 bits per heavy atom. The van der Waals surface area contributed by atoms with Crippen molar-refractivity contribution in [2.24, 2.45) is 0 Å². The maximum atomic E-state index is 2.41. The van der Waals surface area contributed by atoms with Crippen molar-refractivity contribution in [1.82, 2.24) is 0 Å². The summed E-state index contributed by atoms with van der Waals surface area (Å²) in [6.45, 7) is 0. The second kappa shape index (κ2) is 10.3. The minimum atomic E-state index is 1.13. The maximum Gasteiger partial charge on any atom is 0.0547 e. The lowest BCUT2D eigenvalue weighted by molar-refractivity contribution is 1.30. The standard InChI is InChI=1S/C40H27NS/c1-3-12-28(13-4-1)29-22-24-30(25-23-29)31-14-11-17-33(26-31)41(32-15-5-2-6-16-32)38-27-37-35-19-9-10-21-39(35)42-40(37)36-20-8-7-18-34(36)38/h1-27H. The minimum absolute atomic E-state index is 1.13. The normalized spacial score (nSPS) is 11.3. The van der Waals surface area contributed by atoms with Gasteiger partial charge < -0.3 is 4.90 Å². The number of rotatable bonds is 5. The first kappa shape index (κ1) is 24.6. The zero-order chi connectivity index (χ0) is 27.9. The molecule has 1 nitrogen and oxygen atoms in total. The largest absolute Gasteiger partial charge is 0.310 e. The van der Waals surface area contributed by atoms with Crippen molar-refractivity contribution in [3.8, 4) is 22.3 Å². The average Bonchev–Trinajstić information content (AvgIpc) is 3.45. The Balaban J connectivity index is 1.32. The molecule has 1 aromatic heterocycles. The van der Waals surface area contributed by atoms with E-state index >= 15 is 0 Å². The Bertz CT molecular complexity index is 2180. The van der Waals surface area contributed by atoms with Crippen molar-refractivity contribution in [1.29, 1.82) is 0 Å². The Hall–Kier alpha value is -5.18. The van der Waals surface area contributed by atoms with Gasteiger partial charge in [-0.15, -0.1) is 11.3 Å². The molecule has 0 aliphatic heterocycles. The van der Waals surface area contributed by atoms with Gasteiger partial charge in [0.1, 0.15) is 0 Å². The summed E-state index contributed by atoms with van der Waals surface area (Å²) in [5.41, 5.74) is 8.31. The van der Waals surface area contributed by atoms with E-state index in [1.54, 1.807) is 0 Å². The smallest absolute Gasteiger partial charge is 0.0547 e. The molecule has 0 aliphatic carbocycles. The van der Waals surface area contributed by atoms with Gasteiger partial charge in [0.2, 0.25) is 0 Å². The molecular formula is C40H27NS. The van der Waals surface area contributed by atoms with Gasteiger partial charge in [0.05, 0.1) is 5.69 Å². The van der Waals surface area contributed by atoms with E-state index in [9.17, 15) is 0 Å². The van der Waals surface area contributed by atoms with E-state index in [2.05, 4.69) is 169 Å². The molecule has 0 saturated heterocycles. The molecule has 0 fully saturated rings. The SMILES string of the molecule is c1ccc(-c2ccc(-c3cccc(N(c4ccccc4)c4cc5c6ccccc6sc5c5ccccc45)c3)cc2)cc1. The molecule has 0 aliphatic rings. The van der Waals surface area contributed by atoms with Crippen molar-refractivity contribution < 1.29 is 0 Å². The van der Waals surface area contributed by atoms with Crippen molar-refractivity contribution in [3.05, 3.63) is 164 Å². The first-order chi connectivity index (χ1) is 20.8. The van der Waals surface area contributed by atoms with Crippen LogP contribution in [0.2, 0.25) is 0 Å². The number of fused-ring (bicyclic) bond motifs is 5. The lowest BCUT2D eigenvalue weighted by Crippen LogP contribution is -2.10. The number of hydrogen-bond donors (Lipinski definition) is 0. The highest BCUT2D eigenvalue weighted by Crippen LogP contribution is 2.46. The van der Waals surface area contributed by atoms with Gasteiger partial charge >= 0.3 is 0 Å². The number of thiophene rings is 1. The molecule has 0 bridgehead atoms. The summed E-state index contributed by atoms with van der Waals surface area (Å²) in [5.74, 6) is 0. The molecule has 198 valence electrons. The number of hydrogen-bond acceptors (Lipinski definition) is 2. The van der Waals surface area contributed by atoms with E-state index < -0.39 is 0 Å². The van der Waals surface area contributed by atoms with Gasteiger partial charge in [-0.2, -0.15) is 0 Å². The summed E-state index contributed by atoms with van der Waals surface area (Å²) in [6, 6.07) is 59.1. The fourth-order valence-electron chi connectivity index (χ4n) is 6.03. The summed E-state index contributed by atoms with van der Waals surface area (Å²) >= 11 is 1.88. The Labute approximate surface area is 249 Å². The highest BCUT2D eigenvalue weighted by molar-refractivity contribution is 7.26. The van der Waals surface area contributed by atoms with Gasteiger partial charge in [0.15, 0.2) is 0 Å². The fraction of sp³-hybridized carbons (Fsp3) is 0. The highest BCUT2D eigenvalue weighted by Gasteiger charge is 2.19. The number of anilines is 3. The van der Waals surface area contributed by atoms with Crippen LogP contribution in [0.15, 0.2) is 164 Å². The van der Waals surface area contributed by atoms with Gasteiger partial charge in [-0.25, -0.2) is 0 Å². The molecule has 2 heteroatoms. The zero-order valence-electron chi connectivity index (χ0n) is 22.9. The zero-order valence-corrected chi connectivity index (χ0v) is 23.8. The third kappa shape index (κ3) is 4.25. The highest BCUT2D eigenvalue weighted by atomic mass is 32.1. The molecule has 8 aromatic rings. The third-order valence-electron chi connectivity index (χ3n) is 8.05. The average molecular weight is 554 g/mol. The van der Waals surface area contributed by atoms with E-state index in [0.717, 1.165) is 11.4 Å². The molecule has 0 unspecified atom stereocenters. The van der Waals surface area contributed by atoms with E-state index in [1.807, 2.05) is 11.3 Å². The van der Waals surface area contributed by atoms with Crippen LogP contribution in [0.4, 0.5) is 17.1 Å². The van der Waals surface area contributed by atoms with E-state index in [-0.39, 0.29) is 0 Å².